The fraction of sp³-hybridized carbons (Fsp3) is 0.450. The number of benzene rings is 1. The summed E-state index contributed by atoms with van der Waals surface area (Å²) in [5.74, 6) is 1.14. The molecule has 1 amide bonds. The van der Waals surface area contributed by atoms with Crippen LogP contribution >= 0.6 is 11.3 Å². The van der Waals surface area contributed by atoms with Gasteiger partial charge in [-0.1, -0.05) is 26.2 Å². The molecule has 0 aliphatic rings. The summed E-state index contributed by atoms with van der Waals surface area (Å²) in [6, 6.07) is 5.59. The van der Waals surface area contributed by atoms with Crippen LogP contribution in [0.2, 0.25) is 0 Å². The molecule has 152 valence electrons. The number of rotatable bonds is 12. The smallest absolute Gasteiger partial charge is 0.246 e. The molecule has 1 heterocycles. The number of nitrogens with zero attached hydrogens (tertiary/aromatic N) is 2. The van der Waals surface area contributed by atoms with Crippen LogP contribution in [0.3, 0.4) is 0 Å². The first-order valence-electron chi connectivity index (χ1n) is 9.53. The first kappa shape index (κ1) is 21.7. The maximum Gasteiger partial charge on any atom is 0.246 e. The van der Waals surface area contributed by atoms with E-state index >= 15 is 0 Å². The van der Waals surface area contributed by atoms with Gasteiger partial charge in [-0.05, 0) is 37.1 Å². The molecule has 0 unspecified atom stereocenters. The average molecular weight is 405 g/mol. The summed E-state index contributed by atoms with van der Waals surface area (Å²) in [6.45, 7) is 5.33. The number of hydrogen-bond donors (Lipinski definition) is 2. The van der Waals surface area contributed by atoms with E-state index in [9.17, 15) is 4.79 Å². The second-order valence-corrected chi connectivity index (χ2v) is 7.09. The van der Waals surface area contributed by atoms with Crippen molar-refractivity contribution in [1.29, 1.82) is 0 Å². The van der Waals surface area contributed by atoms with Crippen LogP contribution in [0.5, 0.6) is 11.5 Å². The Labute approximate surface area is 170 Å². The van der Waals surface area contributed by atoms with Gasteiger partial charge in [0.15, 0.2) is 16.6 Å². The first-order valence-corrected chi connectivity index (χ1v) is 10.4. The van der Waals surface area contributed by atoms with Gasteiger partial charge in [-0.15, -0.1) is 11.3 Å². The Morgan fingerprint density at radius 1 is 1.25 bits per heavy atom. The fourth-order valence-electron chi connectivity index (χ4n) is 2.49. The number of aromatic nitrogens is 1. The van der Waals surface area contributed by atoms with E-state index in [-0.39, 0.29) is 12.3 Å². The molecule has 0 saturated carbocycles. The Balaban J connectivity index is 1.88. The SMILES string of the molecule is CCCCCCOc1ccc(/C=N/NC(=O)Cc2csc(N)n2)cc1OCC. The highest BCUT2D eigenvalue weighted by molar-refractivity contribution is 7.13. The lowest BCUT2D eigenvalue weighted by molar-refractivity contribution is -0.120. The number of amides is 1. The van der Waals surface area contributed by atoms with Crippen molar-refractivity contribution in [3.63, 3.8) is 0 Å². The van der Waals surface area contributed by atoms with E-state index in [0.29, 0.717) is 29.8 Å². The highest BCUT2D eigenvalue weighted by Crippen LogP contribution is 2.28. The van der Waals surface area contributed by atoms with Gasteiger partial charge in [0, 0.05) is 5.38 Å². The zero-order valence-corrected chi connectivity index (χ0v) is 17.3. The predicted octanol–water partition coefficient (Wildman–Crippen LogP) is 3.78. The van der Waals surface area contributed by atoms with E-state index in [1.54, 1.807) is 11.6 Å². The highest BCUT2D eigenvalue weighted by atomic mass is 32.1. The summed E-state index contributed by atoms with van der Waals surface area (Å²) in [7, 11) is 0. The molecule has 8 heteroatoms. The van der Waals surface area contributed by atoms with Crippen molar-refractivity contribution in [2.75, 3.05) is 18.9 Å². The third-order valence-corrected chi connectivity index (χ3v) is 4.56. The fourth-order valence-corrected chi connectivity index (χ4v) is 3.05. The molecule has 3 N–H and O–H groups in total. The Kier molecular flexibility index (Phi) is 9.27. The van der Waals surface area contributed by atoms with E-state index in [2.05, 4.69) is 22.4 Å². The zero-order chi connectivity index (χ0) is 20.2. The lowest BCUT2D eigenvalue weighted by Gasteiger charge is -2.12. The minimum atomic E-state index is -0.251. The number of hydrazone groups is 1. The molecule has 2 rings (SSSR count). The molecule has 0 saturated heterocycles. The van der Waals surface area contributed by atoms with Gasteiger partial charge in [0.2, 0.25) is 5.91 Å². The number of hydrogen-bond acceptors (Lipinski definition) is 7. The number of ether oxygens (including phenoxy) is 2. The van der Waals surface area contributed by atoms with Gasteiger partial charge in [0.05, 0.1) is 31.5 Å². The number of nitrogen functional groups attached to an aromatic ring is 1. The number of anilines is 1. The van der Waals surface area contributed by atoms with Crippen molar-refractivity contribution < 1.29 is 14.3 Å². The molecule has 2 aromatic rings. The van der Waals surface area contributed by atoms with E-state index in [1.807, 2.05) is 25.1 Å². The van der Waals surface area contributed by atoms with Crippen LogP contribution in [0.25, 0.3) is 0 Å². The number of nitrogens with one attached hydrogen (secondary N) is 1. The van der Waals surface area contributed by atoms with Crippen LogP contribution < -0.4 is 20.6 Å². The second-order valence-electron chi connectivity index (χ2n) is 6.20. The van der Waals surface area contributed by atoms with Gasteiger partial charge in [0.1, 0.15) is 0 Å². The Morgan fingerprint density at radius 2 is 2.11 bits per heavy atom. The van der Waals surface area contributed by atoms with Crippen molar-refractivity contribution in [3.05, 3.63) is 34.8 Å². The van der Waals surface area contributed by atoms with E-state index in [0.717, 1.165) is 17.7 Å². The van der Waals surface area contributed by atoms with Crippen molar-refractivity contribution in [2.45, 2.75) is 46.0 Å². The van der Waals surface area contributed by atoms with E-state index < -0.39 is 0 Å². The minimum Gasteiger partial charge on any atom is -0.490 e. The average Bonchev–Trinajstić information content (AvgIpc) is 3.08. The van der Waals surface area contributed by atoms with Crippen molar-refractivity contribution in [2.24, 2.45) is 5.10 Å². The summed E-state index contributed by atoms with van der Waals surface area (Å²) in [5.41, 5.74) is 9.49. The maximum absolute atomic E-state index is 11.9. The van der Waals surface area contributed by atoms with E-state index in [1.165, 1.54) is 30.6 Å². The minimum absolute atomic E-state index is 0.139. The number of carbonyl (C=O) groups excluding carboxylic acids is 1. The Bertz CT molecular complexity index is 777. The molecular weight excluding hydrogens is 376 g/mol. The van der Waals surface area contributed by atoms with Crippen molar-refractivity contribution in [1.82, 2.24) is 10.4 Å². The first-order chi connectivity index (χ1) is 13.6. The summed E-state index contributed by atoms with van der Waals surface area (Å²) in [5, 5.41) is 6.20. The molecule has 7 nitrogen and oxygen atoms in total. The van der Waals surface area contributed by atoms with Crippen LogP contribution in [0.4, 0.5) is 5.13 Å². The van der Waals surface area contributed by atoms with Gasteiger partial charge < -0.3 is 15.2 Å². The number of unbranched alkanes of at least 4 members (excludes halogenated alkanes) is 3. The monoisotopic (exact) mass is 404 g/mol. The number of thiazole rings is 1. The van der Waals surface area contributed by atoms with Crippen LogP contribution in [0, 0.1) is 0 Å². The maximum atomic E-state index is 11.9. The molecule has 0 spiro atoms. The summed E-state index contributed by atoms with van der Waals surface area (Å²) in [4.78, 5) is 15.9. The van der Waals surface area contributed by atoms with Crippen molar-refractivity contribution in [3.8, 4) is 11.5 Å². The quantitative estimate of drug-likeness (QED) is 0.319. The van der Waals surface area contributed by atoms with Crippen molar-refractivity contribution >= 4 is 28.6 Å². The van der Waals surface area contributed by atoms with Crippen LogP contribution in [-0.4, -0.2) is 30.3 Å². The lowest BCUT2D eigenvalue weighted by Crippen LogP contribution is -2.19. The molecule has 0 aliphatic carbocycles. The third-order valence-electron chi connectivity index (χ3n) is 3.84. The molecule has 0 bridgehead atoms. The standard InChI is InChI=1S/C20H28N4O3S/c1-3-5-6-7-10-27-17-9-8-15(11-18(17)26-4-2)13-22-24-19(25)12-16-14-28-20(21)23-16/h8-9,11,13-14H,3-7,10,12H2,1-2H3,(H2,21,23)(H,24,25)/b22-13+. The van der Waals surface area contributed by atoms with E-state index in [4.69, 9.17) is 15.2 Å². The Hall–Kier alpha value is -2.61. The molecular formula is C20H28N4O3S. The topological polar surface area (TPSA) is 98.8 Å². The molecule has 1 aromatic carbocycles. The molecule has 0 fully saturated rings. The molecule has 0 radical (unpaired) electrons. The zero-order valence-electron chi connectivity index (χ0n) is 16.4. The predicted molar refractivity (Wildman–Crippen MR) is 113 cm³/mol. The summed E-state index contributed by atoms with van der Waals surface area (Å²) >= 11 is 1.31. The van der Waals surface area contributed by atoms with Gasteiger partial charge in [-0.2, -0.15) is 5.10 Å². The van der Waals surface area contributed by atoms with Crippen LogP contribution in [-0.2, 0) is 11.2 Å². The molecule has 1 aromatic heterocycles. The van der Waals surface area contributed by atoms with Crippen LogP contribution in [0.1, 0.15) is 50.8 Å². The molecule has 0 aliphatic heterocycles. The third kappa shape index (κ3) is 7.56. The number of carbonyl (C=O) groups is 1. The number of nitrogens with two attached hydrogens (primary N) is 1. The van der Waals surface area contributed by atoms with Gasteiger partial charge in [-0.25, -0.2) is 10.4 Å². The molecule has 28 heavy (non-hydrogen) atoms. The van der Waals surface area contributed by atoms with Gasteiger partial charge in [-0.3, -0.25) is 4.79 Å². The lowest BCUT2D eigenvalue weighted by atomic mass is 10.2. The van der Waals surface area contributed by atoms with Gasteiger partial charge in [0.25, 0.3) is 0 Å². The molecule has 0 atom stereocenters. The Morgan fingerprint density at radius 3 is 2.82 bits per heavy atom. The summed E-state index contributed by atoms with van der Waals surface area (Å²) in [6.07, 6.45) is 6.32. The highest BCUT2D eigenvalue weighted by Gasteiger charge is 2.07. The summed E-state index contributed by atoms with van der Waals surface area (Å²) < 4.78 is 11.5. The second kappa shape index (κ2) is 12.0. The van der Waals surface area contributed by atoms with Gasteiger partial charge >= 0.3 is 0 Å². The normalized spacial score (nSPS) is 10.9. The van der Waals surface area contributed by atoms with Crippen LogP contribution in [0.15, 0.2) is 28.7 Å². The largest absolute Gasteiger partial charge is 0.490 e.